The van der Waals surface area contributed by atoms with Crippen molar-refractivity contribution >= 4 is 5.91 Å². The molecule has 0 bridgehead atoms. The Morgan fingerprint density at radius 2 is 1.78 bits per heavy atom. The lowest BCUT2D eigenvalue weighted by atomic mass is 10.2. The van der Waals surface area contributed by atoms with Crippen LogP contribution in [0.2, 0.25) is 0 Å². The third-order valence-corrected chi connectivity index (χ3v) is 5.00. The van der Waals surface area contributed by atoms with Gasteiger partial charge in [0.1, 0.15) is 12.4 Å². The van der Waals surface area contributed by atoms with Crippen LogP contribution < -0.4 is 9.47 Å². The maximum absolute atomic E-state index is 13.1. The highest BCUT2D eigenvalue weighted by Crippen LogP contribution is 2.31. The Morgan fingerprint density at radius 3 is 2.59 bits per heavy atom. The van der Waals surface area contributed by atoms with Gasteiger partial charge in [-0.1, -0.05) is 24.3 Å². The van der Waals surface area contributed by atoms with E-state index < -0.39 is 6.10 Å². The van der Waals surface area contributed by atoms with Gasteiger partial charge < -0.3 is 14.4 Å². The molecule has 142 valence electrons. The van der Waals surface area contributed by atoms with Crippen LogP contribution in [0.4, 0.5) is 4.39 Å². The molecule has 6 heteroatoms. The summed E-state index contributed by atoms with van der Waals surface area (Å²) < 4.78 is 24.6. The summed E-state index contributed by atoms with van der Waals surface area (Å²) in [7, 11) is 0. The first-order valence-electron chi connectivity index (χ1n) is 9.33. The molecule has 0 radical (unpaired) electrons. The van der Waals surface area contributed by atoms with Crippen LogP contribution in [0.1, 0.15) is 12.0 Å². The minimum Gasteiger partial charge on any atom is -0.485 e. The van der Waals surface area contributed by atoms with Gasteiger partial charge in [0, 0.05) is 32.7 Å². The molecule has 2 aliphatic heterocycles. The summed E-state index contributed by atoms with van der Waals surface area (Å²) in [5.74, 6) is 1.06. The number of para-hydroxylation sites is 2. The van der Waals surface area contributed by atoms with Crippen LogP contribution >= 0.6 is 0 Å². The Bertz CT molecular complexity index is 796. The summed E-state index contributed by atoms with van der Waals surface area (Å²) in [5, 5.41) is 0. The van der Waals surface area contributed by atoms with Crippen LogP contribution in [-0.4, -0.2) is 54.6 Å². The number of carbonyl (C=O) groups excluding carboxylic acids is 1. The lowest BCUT2D eigenvalue weighted by Crippen LogP contribution is -2.47. The zero-order valence-electron chi connectivity index (χ0n) is 15.1. The summed E-state index contributed by atoms with van der Waals surface area (Å²) in [6.07, 6.45) is 0.306. The summed E-state index contributed by atoms with van der Waals surface area (Å²) in [6, 6.07) is 14.0. The van der Waals surface area contributed by atoms with Gasteiger partial charge in [0.15, 0.2) is 11.5 Å². The van der Waals surface area contributed by atoms with Gasteiger partial charge in [0.25, 0.3) is 5.91 Å². The molecule has 0 N–H and O–H groups in total. The molecule has 4 rings (SSSR count). The molecule has 1 saturated heterocycles. The molecule has 2 aromatic carbocycles. The van der Waals surface area contributed by atoms with Crippen molar-refractivity contribution in [2.24, 2.45) is 0 Å². The van der Waals surface area contributed by atoms with E-state index in [4.69, 9.17) is 9.47 Å². The largest absolute Gasteiger partial charge is 0.485 e. The molecule has 2 aliphatic rings. The number of fused-ring (bicyclic) bond motifs is 1. The van der Waals surface area contributed by atoms with Crippen molar-refractivity contribution in [1.82, 2.24) is 9.80 Å². The number of hydrogen-bond donors (Lipinski definition) is 0. The van der Waals surface area contributed by atoms with Crippen LogP contribution in [-0.2, 0) is 11.3 Å². The van der Waals surface area contributed by atoms with Crippen molar-refractivity contribution in [1.29, 1.82) is 0 Å². The number of benzene rings is 2. The van der Waals surface area contributed by atoms with Crippen LogP contribution in [0, 0.1) is 5.82 Å². The summed E-state index contributed by atoms with van der Waals surface area (Å²) >= 11 is 0. The normalized spacial score (nSPS) is 20.2. The Balaban J connectivity index is 1.34. The fourth-order valence-electron chi connectivity index (χ4n) is 3.54. The zero-order chi connectivity index (χ0) is 18.6. The number of hydrogen-bond acceptors (Lipinski definition) is 4. The van der Waals surface area contributed by atoms with E-state index in [-0.39, 0.29) is 18.3 Å². The predicted octanol–water partition coefficient (Wildman–Crippen LogP) is 2.70. The van der Waals surface area contributed by atoms with Crippen molar-refractivity contribution in [3.63, 3.8) is 0 Å². The molecular weight excluding hydrogens is 347 g/mol. The van der Waals surface area contributed by atoms with Crippen molar-refractivity contribution in [2.45, 2.75) is 19.1 Å². The third kappa shape index (κ3) is 4.22. The maximum Gasteiger partial charge on any atom is 0.267 e. The molecule has 0 spiro atoms. The Labute approximate surface area is 158 Å². The Morgan fingerprint density at radius 1 is 1.00 bits per heavy atom. The van der Waals surface area contributed by atoms with E-state index in [1.165, 1.54) is 12.1 Å². The Kier molecular flexibility index (Phi) is 5.25. The van der Waals surface area contributed by atoms with Crippen LogP contribution in [0.3, 0.4) is 0 Å². The minimum atomic E-state index is -0.594. The second-order valence-electron chi connectivity index (χ2n) is 6.95. The molecule has 0 aromatic heterocycles. The van der Waals surface area contributed by atoms with E-state index in [0.29, 0.717) is 24.6 Å². The smallest absolute Gasteiger partial charge is 0.267 e. The third-order valence-electron chi connectivity index (χ3n) is 5.00. The van der Waals surface area contributed by atoms with Crippen molar-refractivity contribution in [3.8, 4) is 11.5 Å². The van der Waals surface area contributed by atoms with Gasteiger partial charge in [-0.2, -0.15) is 0 Å². The number of rotatable bonds is 3. The average Bonchev–Trinajstić information content (AvgIpc) is 2.94. The molecule has 0 saturated carbocycles. The predicted molar refractivity (Wildman–Crippen MR) is 99.2 cm³/mol. The first-order valence-corrected chi connectivity index (χ1v) is 9.33. The molecule has 5 nitrogen and oxygen atoms in total. The van der Waals surface area contributed by atoms with Crippen molar-refractivity contribution in [2.75, 3.05) is 32.8 Å². The second kappa shape index (κ2) is 7.96. The van der Waals surface area contributed by atoms with Crippen LogP contribution in [0.15, 0.2) is 48.5 Å². The molecule has 1 unspecified atom stereocenters. The highest BCUT2D eigenvalue weighted by molar-refractivity contribution is 5.82. The van der Waals surface area contributed by atoms with Crippen LogP contribution in [0.25, 0.3) is 0 Å². The first-order chi connectivity index (χ1) is 13.2. The minimum absolute atomic E-state index is 0.0202. The number of ether oxygens (including phenoxy) is 2. The van der Waals surface area contributed by atoms with Gasteiger partial charge >= 0.3 is 0 Å². The monoisotopic (exact) mass is 370 g/mol. The fourth-order valence-corrected chi connectivity index (χ4v) is 3.54. The lowest BCUT2D eigenvalue weighted by molar-refractivity contribution is -0.141. The second-order valence-corrected chi connectivity index (χ2v) is 6.95. The Hall–Kier alpha value is -2.60. The number of carbonyl (C=O) groups is 1. The molecule has 2 heterocycles. The molecule has 1 fully saturated rings. The molecule has 27 heavy (non-hydrogen) atoms. The highest BCUT2D eigenvalue weighted by Gasteiger charge is 2.31. The number of nitrogens with zero attached hydrogens (tertiary/aromatic N) is 2. The molecule has 0 aliphatic carbocycles. The topological polar surface area (TPSA) is 42.0 Å². The quantitative estimate of drug-likeness (QED) is 0.833. The maximum atomic E-state index is 13.1. The average molecular weight is 370 g/mol. The SMILES string of the molecule is O=C(C1COc2ccccc2O1)N1CCCN(Cc2ccc(F)cc2)CC1. The van der Waals surface area contributed by atoms with Crippen LogP contribution in [0.5, 0.6) is 11.5 Å². The fraction of sp³-hybridized carbons (Fsp3) is 0.381. The van der Waals surface area contributed by atoms with Gasteiger partial charge in [0.2, 0.25) is 6.10 Å². The first kappa shape index (κ1) is 17.8. The lowest BCUT2D eigenvalue weighted by Gasteiger charge is -2.30. The number of amides is 1. The van der Waals surface area contributed by atoms with E-state index in [2.05, 4.69) is 4.90 Å². The van der Waals surface area contributed by atoms with E-state index in [9.17, 15) is 9.18 Å². The van der Waals surface area contributed by atoms with Crippen molar-refractivity contribution < 1.29 is 18.7 Å². The van der Waals surface area contributed by atoms with Gasteiger partial charge in [0.05, 0.1) is 0 Å². The van der Waals surface area contributed by atoms with Crippen molar-refractivity contribution in [3.05, 3.63) is 59.9 Å². The molecule has 1 amide bonds. The molecule has 1 atom stereocenters. The summed E-state index contributed by atoms with van der Waals surface area (Å²) in [5.41, 5.74) is 1.08. The van der Waals surface area contributed by atoms with E-state index in [1.807, 2.05) is 41.3 Å². The molecule has 2 aromatic rings. The van der Waals surface area contributed by atoms with Gasteiger partial charge in [-0.25, -0.2) is 4.39 Å². The summed E-state index contributed by atoms with van der Waals surface area (Å²) in [6.45, 7) is 4.06. The van der Waals surface area contributed by atoms with Gasteiger partial charge in [-0.15, -0.1) is 0 Å². The molecular formula is C21H23FN2O3. The number of halogens is 1. The standard InChI is InChI=1S/C21H23FN2O3/c22-17-8-6-16(7-9-17)14-23-10-3-11-24(13-12-23)21(25)20-15-26-18-4-1-2-5-19(18)27-20/h1-2,4-9,20H,3,10-15H2. The van der Waals surface area contributed by atoms with Gasteiger partial charge in [-0.3, -0.25) is 9.69 Å². The van der Waals surface area contributed by atoms with E-state index >= 15 is 0 Å². The zero-order valence-corrected chi connectivity index (χ0v) is 15.1. The van der Waals surface area contributed by atoms with Gasteiger partial charge in [-0.05, 0) is 36.2 Å². The van der Waals surface area contributed by atoms with E-state index in [1.54, 1.807) is 0 Å². The summed E-state index contributed by atoms with van der Waals surface area (Å²) in [4.78, 5) is 17.0. The van der Waals surface area contributed by atoms with E-state index in [0.717, 1.165) is 31.6 Å². The highest BCUT2D eigenvalue weighted by atomic mass is 19.1.